The molecule has 2 N–H and O–H groups in total. The number of hydrogen-bond donors (Lipinski definition) is 2. The molecule has 0 aliphatic carbocycles. The van der Waals surface area contributed by atoms with Crippen LogP contribution >= 0.6 is 11.6 Å². The van der Waals surface area contributed by atoms with Gasteiger partial charge in [0.2, 0.25) is 0 Å². The molecular formula is C16H20ClN3O3. The molecule has 3 rings (SSSR count). The number of carbonyl (C=O) groups excluding carboxylic acids is 1. The Labute approximate surface area is 140 Å². The molecule has 7 heteroatoms. The second-order valence-electron chi connectivity index (χ2n) is 6.13. The van der Waals surface area contributed by atoms with Gasteiger partial charge in [0.1, 0.15) is 0 Å². The Balaban J connectivity index is 1.51. The number of rotatable bonds is 3. The van der Waals surface area contributed by atoms with E-state index in [1.54, 1.807) is 4.90 Å². The highest BCUT2D eigenvalue weighted by Gasteiger charge is 2.32. The van der Waals surface area contributed by atoms with Gasteiger partial charge in [-0.1, -0.05) is 11.6 Å². The lowest BCUT2D eigenvalue weighted by molar-refractivity contribution is -0.141. The summed E-state index contributed by atoms with van der Waals surface area (Å²) >= 11 is 5.90. The van der Waals surface area contributed by atoms with Crippen LogP contribution in [0.3, 0.4) is 0 Å². The van der Waals surface area contributed by atoms with E-state index in [2.05, 4.69) is 10.2 Å². The predicted molar refractivity (Wildman–Crippen MR) is 87.9 cm³/mol. The summed E-state index contributed by atoms with van der Waals surface area (Å²) in [6.45, 7) is 2.44. The lowest BCUT2D eigenvalue weighted by atomic mass is 10.1. The molecule has 0 spiro atoms. The average molecular weight is 338 g/mol. The molecule has 1 aromatic carbocycles. The van der Waals surface area contributed by atoms with Gasteiger partial charge >= 0.3 is 12.0 Å². The summed E-state index contributed by atoms with van der Waals surface area (Å²) in [5.74, 6) is -1.26. The Kier molecular flexibility index (Phi) is 4.61. The SMILES string of the molecule is O=C(O)C1CCN(C(=O)NC2CCN(c3ccc(Cl)cc3)C2)C1. The first-order valence-corrected chi connectivity index (χ1v) is 8.19. The molecule has 6 nitrogen and oxygen atoms in total. The molecule has 23 heavy (non-hydrogen) atoms. The van der Waals surface area contributed by atoms with Crippen molar-refractivity contribution in [2.45, 2.75) is 18.9 Å². The highest BCUT2D eigenvalue weighted by atomic mass is 35.5. The summed E-state index contributed by atoms with van der Waals surface area (Å²) in [4.78, 5) is 27.0. The van der Waals surface area contributed by atoms with Crippen molar-refractivity contribution in [2.75, 3.05) is 31.1 Å². The van der Waals surface area contributed by atoms with E-state index in [-0.39, 0.29) is 12.1 Å². The zero-order valence-corrected chi connectivity index (χ0v) is 13.5. The lowest BCUT2D eigenvalue weighted by Crippen LogP contribution is -2.45. The highest BCUT2D eigenvalue weighted by molar-refractivity contribution is 6.30. The van der Waals surface area contributed by atoms with Crippen molar-refractivity contribution in [1.29, 1.82) is 0 Å². The molecule has 2 heterocycles. The van der Waals surface area contributed by atoms with E-state index in [0.717, 1.165) is 25.2 Å². The zero-order valence-electron chi connectivity index (χ0n) is 12.7. The number of anilines is 1. The molecular weight excluding hydrogens is 318 g/mol. The summed E-state index contributed by atoms with van der Waals surface area (Å²) in [5, 5.41) is 12.7. The summed E-state index contributed by atoms with van der Waals surface area (Å²) in [5.41, 5.74) is 1.10. The Morgan fingerprint density at radius 2 is 1.87 bits per heavy atom. The average Bonchev–Trinajstić information content (AvgIpc) is 3.17. The number of likely N-dealkylation sites (tertiary alicyclic amines) is 1. The van der Waals surface area contributed by atoms with Gasteiger partial charge < -0.3 is 20.2 Å². The number of halogens is 1. The minimum absolute atomic E-state index is 0.0852. The number of carbonyl (C=O) groups is 2. The minimum Gasteiger partial charge on any atom is -0.481 e. The fourth-order valence-corrected chi connectivity index (χ4v) is 3.30. The number of nitrogens with one attached hydrogen (secondary N) is 1. The lowest BCUT2D eigenvalue weighted by Gasteiger charge is -2.22. The van der Waals surface area contributed by atoms with Crippen molar-refractivity contribution < 1.29 is 14.7 Å². The highest BCUT2D eigenvalue weighted by Crippen LogP contribution is 2.23. The van der Waals surface area contributed by atoms with Crippen molar-refractivity contribution in [3.8, 4) is 0 Å². The van der Waals surface area contributed by atoms with Crippen LogP contribution in [0.25, 0.3) is 0 Å². The van der Waals surface area contributed by atoms with E-state index in [1.807, 2.05) is 24.3 Å². The summed E-state index contributed by atoms with van der Waals surface area (Å²) in [6, 6.07) is 7.60. The first-order valence-electron chi connectivity index (χ1n) is 7.81. The number of hydrogen-bond acceptors (Lipinski definition) is 3. The summed E-state index contributed by atoms with van der Waals surface area (Å²) < 4.78 is 0. The van der Waals surface area contributed by atoms with Crippen LogP contribution in [0.2, 0.25) is 5.02 Å². The van der Waals surface area contributed by atoms with Crippen LogP contribution in [0.15, 0.2) is 24.3 Å². The first kappa shape index (κ1) is 15.9. The monoisotopic (exact) mass is 337 g/mol. The van der Waals surface area contributed by atoms with Gasteiger partial charge in [-0.3, -0.25) is 4.79 Å². The number of aliphatic carboxylic acids is 1. The Hall–Kier alpha value is -1.95. The van der Waals surface area contributed by atoms with Gasteiger partial charge in [0, 0.05) is 42.9 Å². The summed E-state index contributed by atoms with van der Waals surface area (Å²) in [7, 11) is 0. The summed E-state index contributed by atoms with van der Waals surface area (Å²) in [6.07, 6.45) is 1.41. The van der Waals surface area contributed by atoms with E-state index < -0.39 is 11.9 Å². The number of carboxylic acids is 1. The molecule has 2 unspecified atom stereocenters. The fraction of sp³-hybridized carbons (Fsp3) is 0.500. The fourth-order valence-electron chi connectivity index (χ4n) is 3.18. The largest absolute Gasteiger partial charge is 0.481 e. The molecule has 2 aliphatic rings. The third-order valence-electron chi connectivity index (χ3n) is 4.53. The van der Waals surface area contributed by atoms with Crippen LogP contribution in [0.5, 0.6) is 0 Å². The van der Waals surface area contributed by atoms with Crippen molar-refractivity contribution in [3.05, 3.63) is 29.3 Å². The number of nitrogens with zero attached hydrogens (tertiary/aromatic N) is 2. The van der Waals surface area contributed by atoms with E-state index in [1.165, 1.54) is 0 Å². The topological polar surface area (TPSA) is 72.9 Å². The predicted octanol–water partition coefficient (Wildman–Crippen LogP) is 2.03. The smallest absolute Gasteiger partial charge is 0.317 e. The van der Waals surface area contributed by atoms with E-state index in [0.29, 0.717) is 24.5 Å². The zero-order chi connectivity index (χ0) is 16.4. The second kappa shape index (κ2) is 6.66. The van der Waals surface area contributed by atoms with Gasteiger partial charge in [-0.2, -0.15) is 0 Å². The molecule has 2 aliphatic heterocycles. The van der Waals surface area contributed by atoms with Gasteiger partial charge in [0.05, 0.1) is 5.92 Å². The van der Waals surface area contributed by atoms with Crippen LogP contribution in [0.4, 0.5) is 10.5 Å². The minimum atomic E-state index is -0.824. The Morgan fingerprint density at radius 1 is 1.13 bits per heavy atom. The van der Waals surface area contributed by atoms with Crippen LogP contribution in [0, 0.1) is 5.92 Å². The molecule has 1 aromatic rings. The molecule has 2 fully saturated rings. The maximum atomic E-state index is 12.2. The van der Waals surface area contributed by atoms with Gasteiger partial charge in [0.15, 0.2) is 0 Å². The van der Waals surface area contributed by atoms with Crippen LogP contribution in [0.1, 0.15) is 12.8 Å². The number of urea groups is 1. The maximum absolute atomic E-state index is 12.2. The van der Waals surface area contributed by atoms with Crippen molar-refractivity contribution in [1.82, 2.24) is 10.2 Å². The van der Waals surface area contributed by atoms with Crippen LogP contribution < -0.4 is 10.2 Å². The van der Waals surface area contributed by atoms with Crippen molar-refractivity contribution >= 4 is 29.3 Å². The Morgan fingerprint density at radius 3 is 2.52 bits per heavy atom. The van der Waals surface area contributed by atoms with Gasteiger partial charge in [-0.15, -0.1) is 0 Å². The third-order valence-corrected chi connectivity index (χ3v) is 4.78. The molecule has 0 aromatic heterocycles. The first-order chi connectivity index (χ1) is 11.0. The third kappa shape index (κ3) is 3.69. The number of amides is 2. The molecule has 2 saturated heterocycles. The van der Waals surface area contributed by atoms with Gasteiger partial charge in [0.25, 0.3) is 0 Å². The molecule has 124 valence electrons. The number of carboxylic acid groups (broad SMARTS) is 1. The molecule has 0 radical (unpaired) electrons. The maximum Gasteiger partial charge on any atom is 0.317 e. The van der Waals surface area contributed by atoms with Crippen molar-refractivity contribution in [3.63, 3.8) is 0 Å². The number of benzene rings is 1. The molecule has 0 bridgehead atoms. The Bertz CT molecular complexity index is 593. The van der Waals surface area contributed by atoms with E-state index in [9.17, 15) is 9.59 Å². The normalized spacial score (nSPS) is 24.0. The molecule has 2 amide bonds. The standard InChI is InChI=1S/C16H20ClN3O3/c17-12-1-3-14(4-2-12)19-8-6-13(10-19)18-16(23)20-7-5-11(9-20)15(21)22/h1-4,11,13H,5-10H2,(H,18,23)(H,21,22). The second-order valence-corrected chi connectivity index (χ2v) is 6.56. The van der Waals surface area contributed by atoms with Crippen LogP contribution in [-0.4, -0.2) is 54.2 Å². The van der Waals surface area contributed by atoms with Gasteiger partial charge in [-0.25, -0.2) is 4.79 Å². The van der Waals surface area contributed by atoms with Gasteiger partial charge in [-0.05, 0) is 37.1 Å². The van der Waals surface area contributed by atoms with E-state index >= 15 is 0 Å². The van der Waals surface area contributed by atoms with E-state index in [4.69, 9.17) is 16.7 Å². The van der Waals surface area contributed by atoms with Crippen LogP contribution in [-0.2, 0) is 4.79 Å². The van der Waals surface area contributed by atoms with Crippen molar-refractivity contribution in [2.24, 2.45) is 5.92 Å². The molecule has 2 atom stereocenters. The molecule has 0 saturated carbocycles. The quantitative estimate of drug-likeness (QED) is 0.885.